The Morgan fingerprint density at radius 3 is 2.52 bits per heavy atom. The molecule has 1 aliphatic heterocycles. The third kappa shape index (κ3) is 3.69. The molecule has 1 amide bonds. The summed E-state index contributed by atoms with van der Waals surface area (Å²) in [6, 6.07) is 9.46. The number of para-hydroxylation sites is 1. The van der Waals surface area contributed by atoms with Crippen LogP contribution in [-0.2, 0) is 11.8 Å². The molecule has 6 nitrogen and oxygen atoms in total. The van der Waals surface area contributed by atoms with Gasteiger partial charge < -0.3 is 10.2 Å². The van der Waals surface area contributed by atoms with Gasteiger partial charge in [-0.3, -0.25) is 14.3 Å². The molecule has 0 unspecified atom stereocenters. The molecule has 134 valence electrons. The maximum atomic E-state index is 12.8. The van der Waals surface area contributed by atoms with E-state index >= 15 is 0 Å². The van der Waals surface area contributed by atoms with Crippen molar-refractivity contribution in [1.82, 2.24) is 9.36 Å². The number of carbonyl (C=O) groups is 1. The third-order valence-corrected chi connectivity index (χ3v) is 5.21. The van der Waals surface area contributed by atoms with Crippen LogP contribution in [-0.4, -0.2) is 34.9 Å². The lowest BCUT2D eigenvalue weighted by Crippen LogP contribution is -3.14. The van der Waals surface area contributed by atoms with Crippen molar-refractivity contribution in [2.24, 2.45) is 13.0 Å². The van der Waals surface area contributed by atoms with Crippen LogP contribution in [0.3, 0.4) is 0 Å². The number of hydrogen-bond donors (Lipinski definition) is 2. The molecule has 0 saturated carbocycles. The first-order valence-electron chi connectivity index (χ1n) is 8.95. The van der Waals surface area contributed by atoms with E-state index in [0.29, 0.717) is 12.2 Å². The van der Waals surface area contributed by atoms with Gasteiger partial charge in [-0.15, -0.1) is 0 Å². The number of nitrogens with one attached hydrogen (secondary N) is 2. The molecule has 0 atom stereocenters. The summed E-state index contributed by atoms with van der Waals surface area (Å²) in [6.07, 6.45) is 2.32. The number of hydrogen-bond acceptors (Lipinski definition) is 2. The minimum atomic E-state index is -0.193. The standard InChI is InChI=1S/C19H26N4O2/c1-14-9-11-22(12-10-14)13-17(24)20-18-15(2)21(3)23(19(18)25)16-7-5-4-6-8-16/h4-8,14H,9-13H2,1-3H3,(H,20,24)/p+1. The van der Waals surface area contributed by atoms with E-state index in [1.165, 1.54) is 4.90 Å². The van der Waals surface area contributed by atoms with Crippen LogP contribution in [0.4, 0.5) is 5.69 Å². The van der Waals surface area contributed by atoms with Crippen LogP contribution in [0.2, 0.25) is 0 Å². The Morgan fingerprint density at radius 1 is 1.24 bits per heavy atom. The van der Waals surface area contributed by atoms with Crippen LogP contribution in [0.1, 0.15) is 25.5 Å². The molecule has 2 aromatic rings. The lowest BCUT2D eigenvalue weighted by Gasteiger charge is -2.26. The van der Waals surface area contributed by atoms with Gasteiger partial charge in [0.15, 0.2) is 6.54 Å². The second kappa shape index (κ2) is 7.27. The highest BCUT2D eigenvalue weighted by Crippen LogP contribution is 2.13. The van der Waals surface area contributed by atoms with Crippen molar-refractivity contribution in [1.29, 1.82) is 0 Å². The predicted octanol–water partition coefficient (Wildman–Crippen LogP) is 0.738. The Labute approximate surface area is 148 Å². The van der Waals surface area contributed by atoms with Gasteiger partial charge in [0.05, 0.1) is 24.5 Å². The average Bonchev–Trinajstić information content (AvgIpc) is 2.81. The molecule has 25 heavy (non-hydrogen) atoms. The second-order valence-corrected chi connectivity index (χ2v) is 7.09. The molecule has 0 spiro atoms. The maximum Gasteiger partial charge on any atom is 0.295 e. The van der Waals surface area contributed by atoms with Crippen molar-refractivity contribution in [2.45, 2.75) is 26.7 Å². The smallest absolute Gasteiger partial charge is 0.295 e. The Hall–Kier alpha value is -2.34. The fourth-order valence-electron chi connectivity index (χ4n) is 3.47. The molecule has 1 aromatic heterocycles. The first kappa shape index (κ1) is 17.5. The molecule has 1 fully saturated rings. The number of aromatic nitrogens is 2. The van der Waals surface area contributed by atoms with Crippen molar-refractivity contribution >= 4 is 11.6 Å². The number of rotatable bonds is 4. The van der Waals surface area contributed by atoms with E-state index < -0.39 is 0 Å². The lowest BCUT2D eigenvalue weighted by molar-refractivity contribution is -0.897. The molecule has 0 aliphatic carbocycles. The van der Waals surface area contributed by atoms with Gasteiger partial charge in [-0.1, -0.05) is 25.1 Å². The number of carbonyl (C=O) groups excluding carboxylic acids is 1. The van der Waals surface area contributed by atoms with Gasteiger partial charge in [-0.25, -0.2) is 4.68 Å². The number of benzene rings is 1. The fraction of sp³-hybridized carbons (Fsp3) is 0.474. The molecule has 3 rings (SSSR count). The summed E-state index contributed by atoms with van der Waals surface area (Å²) < 4.78 is 3.36. The molecular weight excluding hydrogens is 316 g/mol. The summed E-state index contributed by atoms with van der Waals surface area (Å²) in [7, 11) is 1.83. The SMILES string of the molecule is Cc1c(NC(=O)C[NH+]2CCC(C)CC2)c(=O)n(-c2ccccc2)n1C. The van der Waals surface area contributed by atoms with E-state index in [1.54, 1.807) is 9.36 Å². The fourth-order valence-corrected chi connectivity index (χ4v) is 3.47. The van der Waals surface area contributed by atoms with Crippen molar-refractivity contribution in [3.05, 3.63) is 46.4 Å². The van der Waals surface area contributed by atoms with Gasteiger partial charge in [0, 0.05) is 7.05 Å². The normalized spacial score (nSPS) is 20.4. The van der Waals surface area contributed by atoms with E-state index in [0.717, 1.165) is 43.2 Å². The zero-order valence-corrected chi connectivity index (χ0v) is 15.2. The van der Waals surface area contributed by atoms with E-state index in [9.17, 15) is 9.59 Å². The highest BCUT2D eigenvalue weighted by Gasteiger charge is 2.23. The Morgan fingerprint density at radius 2 is 1.88 bits per heavy atom. The summed E-state index contributed by atoms with van der Waals surface area (Å²) in [5.74, 6) is 0.664. The molecule has 1 saturated heterocycles. The average molecular weight is 343 g/mol. The van der Waals surface area contributed by atoms with Crippen LogP contribution in [0.25, 0.3) is 5.69 Å². The number of nitrogens with zero attached hydrogens (tertiary/aromatic N) is 2. The molecule has 0 bridgehead atoms. The predicted molar refractivity (Wildman–Crippen MR) is 98.3 cm³/mol. The Kier molecular flexibility index (Phi) is 5.08. The van der Waals surface area contributed by atoms with E-state index in [2.05, 4.69) is 12.2 Å². The molecule has 0 radical (unpaired) electrons. The summed E-state index contributed by atoms with van der Waals surface area (Å²) in [5, 5.41) is 2.85. The number of amides is 1. The van der Waals surface area contributed by atoms with Crippen molar-refractivity contribution in [3.8, 4) is 5.69 Å². The van der Waals surface area contributed by atoms with Crippen molar-refractivity contribution in [3.63, 3.8) is 0 Å². The maximum absolute atomic E-state index is 12.8. The van der Waals surface area contributed by atoms with Gasteiger partial charge in [0.1, 0.15) is 5.69 Å². The van der Waals surface area contributed by atoms with Crippen LogP contribution in [0, 0.1) is 12.8 Å². The molecule has 1 aliphatic rings. The van der Waals surface area contributed by atoms with E-state index in [4.69, 9.17) is 0 Å². The second-order valence-electron chi connectivity index (χ2n) is 7.09. The number of anilines is 1. The molecule has 1 aromatic carbocycles. The zero-order valence-electron chi connectivity index (χ0n) is 15.2. The van der Waals surface area contributed by atoms with E-state index in [1.807, 2.05) is 44.3 Å². The van der Waals surface area contributed by atoms with Crippen LogP contribution >= 0.6 is 0 Å². The first-order valence-corrected chi connectivity index (χ1v) is 8.95. The number of piperidine rings is 1. The molecule has 2 N–H and O–H groups in total. The first-order chi connectivity index (χ1) is 12.0. The van der Waals surface area contributed by atoms with E-state index in [-0.39, 0.29) is 11.5 Å². The van der Waals surface area contributed by atoms with Gasteiger partial charge >= 0.3 is 0 Å². The van der Waals surface area contributed by atoms with Gasteiger partial charge in [-0.05, 0) is 37.8 Å². The minimum absolute atomic E-state index is 0.0874. The molecule has 6 heteroatoms. The zero-order chi connectivity index (χ0) is 18.0. The summed E-state index contributed by atoms with van der Waals surface area (Å²) in [6.45, 7) is 6.58. The van der Waals surface area contributed by atoms with Crippen molar-refractivity contribution in [2.75, 3.05) is 25.0 Å². The van der Waals surface area contributed by atoms with Gasteiger partial charge in [-0.2, -0.15) is 0 Å². The minimum Gasteiger partial charge on any atom is -0.327 e. The monoisotopic (exact) mass is 343 g/mol. The van der Waals surface area contributed by atoms with Crippen LogP contribution in [0.5, 0.6) is 0 Å². The summed E-state index contributed by atoms with van der Waals surface area (Å²) in [4.78, 5) is 26.5. The van der Waals surface area contributed by atoms with Crippen LogP contribution < -0.4 is 15.8 Å². The molecule has 2 heterocycles. The summed E-state index contributed by atoms with van der Waals surface area (Å²) >= 11 is 0. The quantitative estimate of drug-likeness (QED) is 0.860. The third-order valence-electron chi connectivity index (χ3n) is 5.21. The number of likely N-dealkylation sites (tertiary alicyclic amines) is 1. The van der Waals surface area contributed by atoms with Gasteiger partial charge in [0.2, 0.25) is 0 Å². The van der Waals surface area contributed by atoms with Gasteiger partial charge in [0.25, 0.3) is 11.5 Å². The highest BCUT2D eigenvalue weighted by molar-refractivity contribution is 5.91. The Bertz CT molecular complexity index is 799. The lowest BCUT2D eigenvalue weighted by atomic mass is 9.99. The Balaban J connectivity index is 1.77. The number of quaternary nitrogens is 1. The topological polar surface area (TPSA) is 60.5 Å². The highest BCUT2D eigenvalue weighted by atomic mass is 16.2. The summed E-state index contributed by atoms with van der Waals surface area (Å²) in [5.41, 5.74) is 1.72. The van der Waals surface area contributed by atoms with Crippen molar-refractivity contribution < 1.29 is 9.69 Å². The molecular formula is C19H27N4O2+. The largest absolute Gasteiger partial charge is 0.327 e. The van der Waals surface area contributed by atoms with Crippen LogP contribution in [0.15, 0.2) is 35.1 Å².